The molecule has 18 heavy (non-hydrogen) atoms. The molecule has 0 aromatic heterocycles. The maximum Gasteiger partial charge on any atom is 0.345 e. The van der Waals surface area contributed by atoms with Crippen LogP contribution in [0.4, 0.5) is 10.5 Å². The van der Waals surface area contributed by atoms with Gasteiger partial charge in [-0.2, -0.15) is 5.26 Å². The Balaban J connectivity index is 2.63. The third kappa shape index (κ3) is 3.77. The Labute approximate surface area is 103 Å². The van der Waals surface area contributed by atoms with Crippen LogP contribution in [-0.4, -0.2) is 30.8 Å². The van der Waals surface area contributed by atoms with Gasteiger partial charge in [0.05, 0.1) is 11.6 Å². The van der Waals surface area contributed by atoms with Crippen LogP contribution in [0.5, 0.6) is 0 Å². The molecule has 0 bridgehead atoms. The fourth-order valence-electron chi connectivity index (χ4n) is 1.13. The molecule has 7 nitrogen and oxygen atoms in total. The quantitative estimate of drug-likeness (QED) is 0.765. The zero-order valence-corrected chi connectivity index (χ0v) is 9.58. The minimum absolute atomic E-state index is 0.415. The van der Waals surface area contributed by atoms with Gasteiger partial charge in [0.25, 0.3) is 0 Å². The number of hydrogen-bond donors (Lipinski definition) is 2. The number of nitrogens with one attached hydrogen (secondary N) is 1. The van der Waals surface area contributed by atoms with Crippen LogP contribution in [0.15, 0.2) is 24.3 Å². The van der Waals surface area contributed by atoms with E-state index < -0.39 is 18.6 Å². The SMILES string of the molecule is CN(C(=O)NOCC(=O)O)c1cccc(C#N)c1. The number of hydrogen-bond acceptors (Lipinski definition) is 4. The first kappa shape index (κ1) is 13.5. The third-order valence-corrected chi connectivity index (χ3v) is 2.02. The highest BCUT2D eigenvalue weighted by molar-refractivity contribution is 5.90. The molecule has 0 unspecified atom stereocenters. The van der Waals surface area contributed by atoms with Crippen molar-refractivity contribution in [1.82, 2.24) is 5.48 Å². The number of aliphatic carboxylic acids is 1. The Bertz CT molecular complexity index is 495. The first-order chi connectivity index (χ1) is 8.54. The smallest absolute Gasteiger partial charge is 0.345 e. The number of anilines is 1. The topological polar surface area (TPSA) is 103 Å². The van der Waals surface area contributed by atoms with Crippen LogP contribution >= 0.6 is 0 Å². The second kappa shape index (κ2) is 6.22. The highest BCUT2D eigenvalue weighted by atomic mass is 16.7. The van der Waals surface area contributed by atoms with E-state index in [4.69, 9.17) is 10.4 Å². The summed E-state index contributed by atoms with van der Waals surface area (Å²) in [4.78, 5) is 27.4. The van der Waals surface area contributed by atoms with Gasteiger partial charge in [0, 0.05) is 12.7 Å². The molecule has 2 amide bonds. The van der Waals surface area contributed by atoms with Crippen LogP contribution in [-0.2, 0) is 9.63 Å². The summed E-state index contributed by atoms with van der Waals surface area (Å²) in [5, 5.41) is 17.1. The lowest BCUT2D eigenvalue weighted by Crippen LogP contribution is -2.38. The number of nitriles is 1. The molecule has 0 aliphatic rings. The second-order valence-corrected chi connectivity index (χ2v) is 3.31. The van der Waals surface area contributed by atoms with Crippen molar-refractivity contribution in [2.24, 2.45) is 0 Å². The Kier molecular flexibility index (Phi) is 4.66. The van der Waals surface area contributed by atoms with Crippen LogP contribution in [0, 0.1) is 11.3 Å². The number of nitrogens with zero attached hydrogens (tertiary/aromatic N) is 2. The van der Waals surface area contributed by atoms with E-state index in [0.717, 1.165) is 0 Å². The Morgan fingerprint density at radius 2 is 2.28 bits per heavy atom. The number of rotatable bonds is 4. The average Bonchev–Trinajstić information content (AvgIpc) is 2.37. The van der Waals surface area contributed by atoms with Crippen molar-refractivity contribution in [3.63, 3.8) is 0 Å². The lowest BCUT2D eigenvalue weighted by molar-refractivity contribution is -0.143. The van der Waals surface area contributed by atoms with Gasteiger partial charge in [-0.25, -0.2) is 15.1 Å². The molecule has 0 aliphatic carbocycles. The predicted molar refractivity (Wildman–Crippen MR) is 61.7 cm³/mol. The molecule has 2 N–H and O–H groups in total. The predicted octanol–water partition coefficient (Wildman–Crippen LogP) is 0.720. The minimum Gasteiger partial charge on any atom is -0.479 e. The van der Waals surface area contributed by atoms with E-state index in [2.05, 4.69) is 4.84 Å². The fraction of sp³-hybridized carbons (Fsp3) is 0.182. The zero-order valence-electron chi connectivity index (χ0n) is 9.58. The van der Waals surface area contributed by atoms with E-state index >= 15 is 0 Å². The highest BCUT2D eigenvalue weighted by Gasteiger charge is 2.11. The molecule has 0 fully saturated rings. The summed E-state index contributed by atoms with van der Waals surface area (Å²) < 4.78 is 0. The van der Waals surface area contributed by atoms with Crippen molar-refractivity contribution in [3.05, 3.63) is 29.8 Å². The number of benzene rings is 1. The van der Waals surface area contributed by atoms with E-state index in [0.29, 0.717) is 11.3 Å². The van der Waals surface area contributed by atoms with Crippen molar-refractivity contribution < 1.29 is 19.5 Å². The van der Waals surface area contributed by atoms with Gasteiger partial charge < -0.3 is 5.11 Å². The molecular formula is C11H11N3O4. The van der Waals surface area contributed by atoms with E-state index in [1.807, 2.05) is 11.5 Å². The van der Waals surface area contributed by atoms with Gasteiger partial charge in [-0.05, 0) is 18.2 Å². The van der Waals surface area contributed by atoms with E-state index in [1.54, 1.807) is 18.2 Å². The van der Waals surface area contributed by atoms with Crippen molar-refractivity contribution in [2.75, 3.05) is 18.6 Å². The van der Waals surface area contributed by atoms with Crippen LogP contribution in [0.1, 0.15) is 5.56 Å². The number of carbonyl (C=O) groups is 2. The summed E-state index contributed by atoms with van der Waals surface area (Å²) in [6, 6.07) is 7.72. The number of hydroxylamine groups is 1. The molecule has 94 valence electrons. The molecule has 0 atom stereocenters. The van der Waals surface area contributed by atoms with Crippen LogP contribution < -0.4 is 10.4 Å². The molecule has 1 aromatic carbocycles. The number of carbonyl (C=O) groups excluding carboxylic acids is 1. The molecular weight excluding hydrogens is 238 g/mol. The molecule has 0 spiro atoms. The summed E-state index contributed by atoms with van der Waals surface area (Å²) in [6.45, 7) is -0.627. The maximum atomic E-state index is 11.5. The monoisotopic (exact) mass is 249 g/mol. The molecule has 0 saturated carbocycles. The first-order valence-corrected chi connectivity index (χ1v) is 4.92. The maximum absolute atomic E-state index is 11.5. The van der Waals surface area contributed by atoms with Crippen molar-refractivity contribution >= 4 is 17.7 Å². The minimum atomic E-state index is -1.19. The fourth-order valence-corrected chi connectivity index (χ4v) is 1.13. The van der Waals surface area contributed by atoms with Crippen molar-refractivity contribution in [3.8, 4) is 6.07 Å². The molecule has 1 aromatic rings. The van der Waals surface area contributed by atoms with Gasteiger partial charge in [-0.15, -0.1) is 0 Å². The van der Waals surface area contributed by atoms with E-state index in [9.17, 15) is 9.59 Å². The molecule has 7 heteroatoms. The molecule has 1 rings (SSSR count). The van der Waals surface area contributed by atoms with Gasteiger partial charge in [0.15, 0.2) is 6.61 Å². The number of amides is 2. The average molecular weight is 249 g/mol. The Hall–Kier alpha value is -2.59. The summed E-state index contributed by atoms with van der Waals surface area (Å²) >= 11 is 0. The number of carboxylic acids is 1. The standard InChI is InChI=1S/C11H11N3O4/c1-14(11(17)13-18-7-10(15)16)9-4-2-3-8(5-9)6-12/h2-5H,7H2,1H3,(H,13,17)(H,15,16). The summed E-state index contributed by atoms with van der Waals surface area (Å²) in [5.74, 6) is -1.19. The Morgan fingerprint density at radius 3 is 2.89 bits per heavy atom. The van der Waals surface area contributed by atoms with E-state index in [1.165, 1.54) is 18.0 Å². The van der Waals surface area contributed by atoms with Crippen molar-refractivity contribution in [2.45, 2.75) is 0 Å². The molecule has 0 saturated heterocycles. The summed E-state index contributed by atoms with van der Waals surface area (Å²) in [6.07, 6.45) is 0. The van der Waals surface area contributed by atoms with Crippen LogP contribution in [0.25, 0.3) is 0 Å². The second-order valence-electron chi connectivity index (χ2n) is 3.31. The summed E-state index contributed by atoms with van der Waals surface area (Å²) in [5.41, 5.74) is 2.88. The Morgan fingerprint density at radius 1 is 1.56 bits per heavy atom. The van der Waals surface area contributed by atoms with Gasteiger partial charge in [0.1, 0.15) is 0 Å². The zero-order chi connectivity index (χ0) is 13.5. The lowest BCUT2D eigenvalue weighted by Gasteiger charge is -2.17. The molecule has 0 radical (unpaired) electrons. The molecule has 0 aliphatic heterocycles. The molecule has 0 heterocycles. The van der Waals surface area contributed by atoms with Gasteiger partial charge >= 0.3 is 12.0 Å². The lowest BCUT2D eigenvalue weighted by atomic mass is 10.2. The van der Waals surface area contributed by atoms with E-state index in [-0.39, 0.29) is 0 Å². The summed E-state index contributed by atoms with van der Waals surface area (Å²) in [7, 11) is 1.47. The normalized spacial score (nSPS) is 9.33. The third-order valence-electron chi connectivity index (χ3n) is 2.02. The number of carboxylic acid groups (broad SMARTS) is 1. The number of urea groups is 1. The largest absolute Gasteiger partial charge is 0.479 e. The van der Waals surface area contributed by atoms with Crippen LogP contribution in [0.3, 0.4) is 0 Å². The van der Waals surface area contributed by atoms with Gasteiger partial charge in [-0.3, -0.25) is 9.74 Å². The van der Waals surface area contributed by atoms with Crippen molar-refractivity contribution in [1.29, 1.82) is 5.26 Å². The highest BCUT2D eigenvalue weighted by Crippen LogP contribution is 2.14. The van der Waals surface area contributed by atoms with Gasteiger partial charge in [-0.1, -0.05) is 6.07 Å². The first-order valence-electron chi connectivity index (χ1n) is 4.92. The van der Waals surface area contributed by atoms with Gasteiger partial charge in [0.2, 0.25) is 0 Å². The van der Waals surface area contributed by atoms with Crippen LogP contribution in [0.2, 0.25) is 0 Å².